The molecule has 0 spiro atoms. The maximum Gasteiger partial charge on any atom is 0.122 e. The highest BCUT2D eigenvalue weighted by Crippen LogP contribution is 2.25. The Morgan fingerprint density at radius 2 is 1.69 bits per heavy atom. The highest BCUT2D eigenvalue weighted by Gasteiger charge is 2.20. The monoisotopic (exact) mass is 397 g/mol. The number of para-hydroxylation sites is 1. The van der Waals surface area contributed by atoms with Gasteiger partial charge in [-0.2, -0.15) is 0 Å². The Morgan fingerprint density at radius 1 is 0.966 bits per heavy atom. The van der Waals surface area contributed by atoms with E-state index in [1.807, 2.05) is 6.07 Å². The van der Waals surface area contributed by atoms with Crippen molar-refractivity contribution >= 4 is 0 Å². The summed E-state index contributed by atoms with van der Waals surface area (Å²) in [6.07, 6.45) is 8.05. The molecule has 1 aliphatic rings. The molecule has 0 aliphatic carbocycles. The van der Waals surface area contributed by atoms with Gasteiger partial charge in [-0.1, -0.05) is 18.2 Å². The smallest absolute Gasteiger partial charge is 0.122 e. The van der Waals surface area contributed by atoms with Crippen LogP contribution in [0.3, 0.4) is 0 Å². The molecule has 0 saturated carbocycles. The minimum atomic E-state index is 0.682. The lowest BCUT2D eigenvalue weighted by Crippen LogP contribution is -2.26. The van der Waals surface area contributed by atoms with E-state index in [1.54, 1.807) is 14.2 Å². The molecule has 0 N–H and O–H groups in total. The fourth-order valence-corrected chi connectivity index (χ4v) is 4.16. The molecule has 0 radical (unpaired) electrons. The minimum absolute atomic E-state index is 0.682. The number of hydrogen-bond acceptors (Lipinski definition) is 4. The molecule has 1 heterocycles. The van der Waals surface area contributed by atoms with Crippen molar-refractivity contribution in [2.24, 2.45) is 0 Å². The standard InChI is InChI=1S/C25H35NO3/c1-26-15-8-12-22(26)14-16-29-25-13-7-6-11-21(25)10-5-4-9-20-17-23(27-2)19-24(18-20)28-3/h6-7,11,13,17-19,22H,4-5,8-10,12,14-16H2,1-3H3. The van der Waals surface area contributed by atoms with Crippen molar-refractivity contribution in [1.29, 1.82) is 0 Å². The quantitative estimate of drug-likeness (QED) is 0.492. The number of methoxy groups -OCH3 is 2. The minimum Gasteiger partial charge on any atom is -0.497 e. The number of aryl methyl sites for hydroxylation is 2. The van der Waals surface area contributed by atoms with Crippen LogP contribution in [-0.2, 0) is 12.8 Å². The normalized spacial score (nSPS) is 16.7. The van der Waals surface area contributed by atoms with Crippen molar-refractivity contribution in [3.63, 3.8) is 0 Å². The molecular formula is C25H35NO3. The summed E-state index contributed by atoms with van der Waals surface area (Å²) in [5.74, 6) is 2.76. The number of likely N-dealkylation sites (tertiary alicyclic amines) is 1. The summed E-state index contributed by atoms with van der Waals surface area (Å²) in [6, 6.07) is 15.3. The van der Waals surface area contributed by atoms with E-state index in [0.29, 0.717) is 6.04 Å². The van der Waals surface area contributed by atoms with Gasteiger partial charge in [-0.05, 0) is 87.9 Å². The molecule has 1 unspecified atom stereocenters. The van der Waals surface area contributed by atoms with E-state index in [9.17, 15) is 0 Å². The number of unbranched alkanes of at least 4 members (excludes halogenated alkanes) is 1. The molecule has 0 aromatic heterocycles. The first kappa shape index (κ1) is 21.5. The Kier molecular flexibility index (Phi) is 8.24. The molecule has 29 heavy (non-hydrogen) atoms. The van der Waals surface area contributed by atoms with Gasteiger partial charge in [-0.3, -0.25) is 0 Å². The first-order valence-electron chi connectivity index (χ1n) is 10.8. The van der Waals surface area contributed by atoms with Gasteiger partial charge in [0.1, 0.15) is 17.2 Å². The zero-order valence-electron chi connectivity index (χ0n) is 18.2. The maximum atomic E-state index is 6.16. The number of rotatable bonds is 11. The van der Waals surface area contributed by atoms with Crippen molar-refractivity contribution in [3.8, 4) is 17.2 Å². The fraction of sp³-hybridized carbons (Fsp3) is 0.520. The first-order valence-corrected chi connectivity index (χ1v) is 10.8. The molecule has 0 bridgehead atoms. The van der Waals surface area contributed by atoms with Gasteiger partial charge < -0.3 is 19.1 Å². The van der Waals surface area contributed by atoms with E-state index in [0.717, 1.165) is 56.0 Å². The van der Waals surface area contributed by atoms with Crippen molar-refractivity contribution in [3.05, 3.63) is 53.6 Å². The van der Waals surface area contributed by atoms with E-state index in [1.165, 1.54) is 30.5 Å². The van der Waals surface area contributed by atoms with Gasteiger partial charge in [0, 0.05) is 12.1 Å². The number of nitrogens with zero attached hydrogens (tertiary/aromatic N) is 1. The molecule has 1 atom stereocenters. The second-order valence-corrected chi connectivity index (χ2v) is 7.95. The Balaban J connectivity index is 1.46. The highest BCUT2D eigenvalue weighted by atomic mass is 16.5. The summed E-state index contributed by atoms with van der Waals surface area (Å²) in [5, 5.41) is 0. The summed E-state index contributed by atoms with van der Waals surface area (Å²) in [7, 11) is 5.62. The lowest BCUT2D eigenvalue weighted by molar-refractivity contribution is 0.232. The predicted octanol–water partition coefficient (Wildman–Crippen LogP) is 5.13. The third-order valence-corrected chi connectivity index (χ3v) is 5.93. The summed E-state index contributed by atoms with van der Waals surface area (Å²) in [5.41, 5.74) is 2.57. The summed E-state index contributed by atoms with van der Waals surface area (Å²) < 4.78 is 16.9. The van der Waals surface area contributed by atoms with Gasteiger partial charge >= 0.3 is 0 Å². The van der Waals surface area contributed by atoms with Crippen LogP contribution in [0.4, 0.5) is 0 Å². The zero-order valence-corrected chi connectivity index (χ0v) is 18.2. The van der Waals surface area contributed by atoms with Crippen LogP contribution in [-0.4, -0.2) is 45.4 Å². The highest BCUT2D eigenvalue weighted by molar-refractivity contribution is 5.38. The number of ether oxygens (including phenoxy) is 3. The molecule has 0 amide bonds. The molecule has 1 fully saturated rings. The van der Waals surface area contributed by atoms with Crippen LogP contribution < -0.4 is 14.2 Å². The van der Waals surface area contributed by atoms with Crippen molar-refractivity contribution in [2.75, 3.05) is 34.4 Å². The lowest BCUT2D eigenvalue weighted by atomic mass is 10.0. The third-order valence-electron chi connectivity index (χ3n) is 5.93. The summed E-state index contributed by atoms with van der Waals surface area (Å²) in [4.78, 5) is 2.46. The molecule has 2 aromatic carbocycles. The Morgan fingerprint density at radius 3 is 2.38 bits per heavy atom. The molecule has 4 nitrogen and oxygen atoms in total. The van der Waals surface area contributed by atoms with Crippen LogP contribution in [0.2, 0.25) is 0 Å². The molecule has 3 rings (SSSR count). The van der Waals surface area contributed by atoms with E-state index in [-0.39, 0.29) is 0 Å². The van der Waals surface area contributed by atoms with Gasteiger partial charge in [0.25, 0.3) is 0 Å². The van der Waals surface area contributed by atoms with Gasteiger partial charge in [0.2, 0.25) is 0 Å². The first-order chi connectivity index (χ1) is 14.2. The Bertz CT molecular complexity index is 739. The molecular weight excluding hydrogens is 362 g/mol. The molecule has 2 aromatic rings. The van der Waals surface area contributed by atoms with Gasteiger partial charge in [-0.15, -0.1) is 0 Å². The SMILES string of the molecule is COc1cc(CCCCc2ccccc2OCCC2CCCN2C)cc(OC)c1. The average molecular weight is 398 g/mol. The largest absolute Gasteiger partial charge is 0.497 e. The van der Waals surface area contributed by atoms with Crippen molar-refractivity contribution < 1.29 is 14.2 Å². The van der Waals surface area contributed by atoms with Gasteiger partial charge in [0.15, 0.2) is 0 Å². The second-order valence-electron chi connectivity index (χ2n) is 7.95. The molecule has 158 valence electrons. The maximum absolute atomic E-state index is 6.16. The van der Waals surface area contributed by atoms with Crippen LogP contribution in [0.25, 0.3) is 0 Å². The Hall–Kier alpha value is -2.20. The van der Waals surface area contributed by atoms with Crippen LogP contribution in [0.15, 0.2) is 42.5 Å². The van der Waals surface area contributed by atoms with Gasteiger partial charge in [-0.25, -0.2) is 0 Å². The number of hydrogen-bond donors (Lipinski definition) is 0. The van der Waals surface area contributed by atoms with E-state index < -0.39 is 0 Å². The van der Waals surface area contributed by atoms with Crippen molar-refractivity contribution in [1.82, 2.24) is 4.90 Å². The van der Waals surface area contributed by atoms with E-state index in [2.05, 4.69) is 48.3 Å². The van der Waals surface area contributed by atoms with Crippen LogP contribution in [0, 0.1) is 0 Å². The predicted molar refractivity (Wildman–Crippen MR) is 118 cm³/mol. The summed E-state index contributed by atoms with van der Waals surface area (Å²) >= 11 is 0. The summed E-state index contributed by atoms with van der Waals surface area (Å²) in [6.45, 7) is 2.02. The van der Waals surface area contributed by atoms with Gasteiger partial charge in [0.05, 0.1) is 20.8 Å². The molecule has 1 saturated heterocycles. The lowest BCUT2D eigenvalue weighted by Gasteiger charge is -2.20. The number of benzene rings is 2. The Labute approximate surface area is 175 Å². The van der Waals surface area contributed by atoms with Crippen LogP contribution in [0.1, 0.15) is 43.2 Å². The van der Waals surface area contributed by atoms with E-state index in [4.69, 9.17) is 14.2 Å². The van der Waals surface area contributed by atoms with E-state index >= 15 is 0 Å². The topological polar surface area (TPSA) is 30.9 Å². The second kappa shape index (κ2) is 11.1. The fourth-order valence-electron chi connectivity index (χ4n) is 4.16. The van der Waals surface area contributed by atoms with Crippen LogP contribution in [0.5, 0.6) is 17.2 Å². The third kappa shape index (κ3) is 6.40. The van der Waals surface area contributed by atoms with Crippen LogP contribution >= 0.6 is 0 Å². The zero-order chi connectivity index (χ0) is 20.5. The molecule has 1 aliphatic heterocycles. The van der Waals surface area contributed by atoms with Crippen molar-refractivity contribution in [2.45, 2.75) is 51.0 Å². The molecule has 4 heteroatoms. The average Bonchev–Trinajstić information content (AvgIpc) is 3.16.